The fourth-order valence-electron chi connectivity index (χ4n) is 2.67. The van der Waals surface area contributed by atoms with Crippen LogP contribution >= 0.6 is 0 Å². The molecule has 0 bridgehead atoms. The molecule has 0 amide bonds. The van der Waals surface area contributed by atoms with Crippen molar-refractivity contribution in [2.75, 3.05) is 0 Å². The molecule has 0 aromatic heterocycles. The van der Waals surface area contributed by atoms with E-state index in [1.54, 1.807) is 12.1 Å². The number of fused-ring (bicyclic) bond motifs is 1. The van der Waals surface area contributed by atoms with Crippen LogP contribution in [-0.2, 0) is 10.1 Å². The maximum Gasteiger partial charge on any atom is 0.378 e. The molecule has 0 N–H and O–H groups in total. The van der Waals surface area contributed by atoms with Gasteiger partial charge in [0, 0.05) is 11.5 Å². The Hall–Kier alpha value is -3.11. The molecule has 0 aliphatic rings. The molecular weight excluding hydrogens is 352 g/mol. The summed E-state index contributed by atoms with van der Waals surface area (Å²) in [4.78, 5) is 2.79. The van der Waals surface area contributed by atoms with Crippen LogP contribution in [0.3, 0.4) is 0 Å². The van der Waals surface area contributed by atoms with Gasteiger partial charge >= 0.3 is 15.8 Å². The zero-order chi connectivity index (χ0) is 18.9. The quantitative estimate of drug-likeness (QED) is 0.506. The zero-order valence-electron chi connectivity index (χ0n) is 14.2. The molecule has 3 rings (SSSR count). The second-order valence-corrected chi connectivity index (χ2v) is 7.64. The van der Waals surface area contributed by atoms with E-state index in [9.17, 15) is 13.5 Å². The van der Waals surface area contributed by atoms with E-state index in [-0.39, 0.29) is 27.1 Å². The summed E-state index contributed by atoms with van der Waals surface area (Å²) < 4.78 is 30.6. The van der Waals surface area contributed by atoms with E-state index in [4.69, 9.17) is 9.58 Å². The van der Waals surface area contributed by atoms with Gasteiger partial charge in [0.05, 0.1) is 0 Å². The van der Waals surface area contributed by atoms with Crippen molar-refractivity contribution in [3.63, 3.8) is 0 Å². The van der Waals surface area contributed by atoms with E-state index in [2.05, 4.69) is 4.98 Å². The lowest BCUT2D eigenvalue weighted by molar-refractivity contribution is -0.264. The molecule has 26 heavy (non-hydrogen) atoms. The van der Waals surface area contributed by atoms with Gasteiger partial charge in [0.15, 0.2) is 4.98 Å². The van der Waals surface area contributed by atoms with Gasteiger partial charge in [-0.15, -0.1) is 0 Å². The number of rotatable bonds is 4. The van der Waals surface area contributed by atoms with Crippen molar-refractivity contribution >= 4 is 26.6 Å². The van der Waals surface area contributed by atoms with Gasteiger partial charge in [-0.05, 0) is 46.9 Å². The predicted octanol–water partition coefficient (Wildman–Crippen LogP) is 4.29. The number of hydrogen-bond donors (Lipinski definition) is 0. The lowest BCUT2D eigenvalue weighted by Gasteiger charge is -2.13. The first kappa shape index (κ1) is 17.7. The van der Waals surface area contributed by atoms with Crippen LogP contribution in [0.1, 0.15) is 25.3 Å². The first-order valence-corrected chi connectivity index (χ1v) is 9.36. The highest BCUT2D eigenvalue weighted by atomic mass is 32.2. The molecule has 0 unspecified atom stereocenters. The minimum absolute atomic E-state index is 0.121. The third kappa shape index (κ3) is 3.19. The van der Waals surface area contributed by atoms with E-state index >= 15 is 0 Å². The number of nitrogens with zero attached hydrogens (tertiary/aromatic N) is 2. The normalized spacial score (nSPS) is 11.5. The van der Waals surface area contributed by atoms with Crippen LogP contribution in [0.5, 0.6) is 11.5 Å². The van der Waals surface area contributed by atoms with Crippen molar-refractivity contribution in [2.45, 2.75) is 24.7 Å². The van der Waals surface area contributed by atoms with Gasteiger partial charge in [-0.25, -0.2) is 0 Å². The van der Waals surface area contributed by atoms with Crippen LogP contribution in [-0.4, -0.2) is 8.42 Å². The summed E-state index contributed by atoms with van der Waals surface area (Å²) in [6, 6.07) is 13.8. The minimum Gasteiger partial charge on any atom is -0.867 e. The molecule has 0 atom stereocenters. The number of hydrogen-bond acceptors (Lipinski definition) is 5. The Morgan fingerprint density at radius 1 is 1.00 bits per heavy atom. The van der Waals surface area contributed by atoms with E-state index in [1.807, 2.05) is 26.0 Å². The van der Waals surface area contributed by atoms with E-state index in [1.165, 1.54) is 30.3 Å². The summed E-state index contributed by atoms with van der Waals surface area (Å²) in [5.74, 6) is -0.0422. The second-order valence-electron chi connectivity index (χ2n) is 6.13. The molecule has 0 heterocycles. The smallest absolute Gasteiger partial charge is 0.378 e. The van der Waals surface area contributed by atoms with E-state index < -0.39 is 15.9 Å². The van der Waals surface area contributed by atoms with Gasteiger partial charge in [-0.2, -0.15) is 8.42 Å². The Balaban J connectivity index is 2.05. The van der Waals surface area contributed by atoms with Gasteiger partial charge in [0.25, 0.3) is 0 Å². The summed E-state index contributed by atoms with van der Waals surface area (Å²) in [5, 5.41) is 21.4. The van der Waals surface area contributed by atoms with E-state index in [0.717, 1.165) is 5.56 Å². The molecule has 0 spiro atoms. The Kier molecular flexibility index (Phi) is 4.53. The fourth-order valence-corrected chi connectivity index (χ4v) is 3.81. The Labute approximate surface area is 151 Å². The van der Waals surface area contributed by atoms with Crippen molar-refractivity contribution in [3.8, 4) is 11.5 Å². The molecule has 7 heteroatoms. The van der Waals surface area contributed by atoms with Crippen LogP contribution in [0, 0.1) is 5.39 Å². The molecule has 3 aromatic rings. The van der Waals surface area contributed by atoms with Gasteiger partial charge in [-0.3, -0.25) is 0 Å². The van der Waals surface area contributed by atoms with Gasteiger partial charge in [0.2, 0.25) is 5.39 Å². The van der Waals surface area contributed by atoms with Gasteiger partial charge in [0.1, 0.15) is 10.6 Å². The third-order valence-electron chi connectivity index (χ3n) is 4.08. The molecule has 6 nitrogen and oxygen atoms in total. The molecule has 0 saturated heterocycles. The molecule has 132 valence electrons. The summed E-state index contributed by atoms with van der Waals surface area (Å²) in [5.41, 5.74) is 0.911. The van der Waals surface area contributed by atoms with Crippen molar-refractivity contribution < 1.29 is 17.7 Å². The van der Waals surface area contributed by atoms with Crippen molar-refractivity contribution in [1.29, 1.82) is 5.39 Å². The maximum atomic E-state index is 12.7. The van der Waals surface area contributed by atoms with Gasteiger partial charge in [-0.1, -0.05) is 38.1 Å². The molecule has 0 fully saturated rings. The Bertz CT molecular complexity index is 1110. The lowest BCUT2D eigenvalue weighted by Crippen LogP contribution is -2.10. The largest absolute Gasteiger partial charge is 0.867 e. The highest BCUT2D eigenvalue weighted by molar-refractivity contribution is 7.87. The van der Waals surface area contributed by atoms with E-state index in [0.29, 0.717) is 5.92 Å². The number of benzene rings is 3. The molecule has 0 aliphatic carbocycles. The molecule has 3 aromatic carbocycles. The minimum atomic E-state index is -4.14. The Morgan fingerprint density at radius 2 is 1.69 bits per heavy atom. The van der Waals surface area contributed by atoms with Crippen LogP contribution in [0.15, 0.2) is 59.5 Å². The lowest BCUT2D eigenvalue weighted by atomic mass is 10.0. The average molecular weight is 368 g/mol. The SMILES string of the molecule is CC(C)c1ccc(OS(=O)(=O)c2cccc3c([O-])c([N+]#N)ccc23)cc1. The zero-order valence-corrected chi connectivity index (χ0v) is 15.0. The van der Waals surface area contributed by atoms with Crippen LogP contribution in [0.25, 0.3) is 15.7 Å². The standard InChI is InChI=1S/C19H16N2O4S/c1-12(2)13-6-8-14(9-7-13)25-26(23,24)18-5-3-4-16-15(18)10-11-17(21-20)19(16)22/h3-12H,1-2H3. The maximum absolute atomic E-state index is 12.7. The first-order chi connectivity index (χ1) is 12.3. The summed E-state index contributed by atoms with van der Waals surface area (Å²) in [6.07, 6.45) is 0. The van der Waals surface area contributed by atoms with Crippen LogP contribution < -0.4 is 9.29 Å². The number of diazo groups is 1. The van der Waals surface area contributed by atoms with Gasteiger partial charge < -0.3 is 9.29 Å². The first-order valence-electron chi connectivity index (χ1n) is 7.96. The topological polar surface area (TPSA) is 94.6 Å². The third-order valence-corrected chi connectivity index (χ3v) is 5.39. The molecule has 0 aliphatic heterocycles. The van der Waals surface area contributed by atoms with Crippen molar-refractivity contribution in [1.82, 2.24) is 0 Å². The van der Waals surface area contributed by atoms with Crippen molar-refractivity contribution in [2.24, 2.45) is 0 Å². The fraction of sp³-hybridized carbons (Fsp3) is 0.158. The summed E-state index contributed by atoms with van der Waals surface area (Å²) >= 11 is 0. The predicted molar refractivity (Wildman–Crippen MR) is 96.5 cm³/mol. The molecule has 0 radical (unpaired) electrons. The average Bonchev–Trinajstić information content (AvgIpc) is 2.62. The highest BCUT2D eigenvalue weighted by Gasteiger charge is 2.21. The molecular formula is C19H16N2O4S. The molecule has 0 saturated carbocycles. The summed E-state index contributed by atoms with van der Waals surface area (Å²) in [6.45, 7) is 4.08. The van der Waals surface area contributed by atoms with Crippen LogP contribution in [0.2, 0.25) is 0 Å². The van der Waals surface area contributed by atoms with Crippen molar-refractivity contribution in [3.05, 3.63) is 65.1 Å². The Morgan fingerprint density at radius 3 is 2.31 bits per heavy atom. The monoisotopic (exact) mass is 368 g/mol. The second kappa shape index (κ2) is 6.65. The highest BCUT2D eigenvalue weighted by Crippen LogP contribution is 2.36. The van der Waals surface area contributed by atoms with Crippen LogP contribution in [0.4, 0.5) is 5.69 Å². The summed E-state index contributed by atoms with van der Waals surface area (Å²) in [7, 11) is -4.14.